The molecule has 112 valence electrons. The van der Waals surface area contributed by atoms with Crippen molar-refractivity contribution in [3.63, 3.8) is 0 Å². The number of hydrogen-bond acceptors (Lipinski definition) is 3. The van der Waals surface area contributed by atoms with Gasteiger partial charge in [-0.15, -0.1) is 0 Å². The van der Waals surface area contributed by atoms with Crippen molar-refractivity contribution in [2.24, 2.45) is 0 Å². The Morgan fingerprint density at radius 3 is 2.29 bits per heavy atom. The standard InChI is InChI=1S/C12H8BrF3N2O2S/c13-6-1-2-10(17)12(3-6)21(19,20)18-11-5-8(15)7(14)4-9(11)16/h1-5,18H,17H2. The predicted octanol–water partition coefficient (Wildman–Crippen LogP) is 3.25. The topological polar surface area (TPSA) is 72.2 Å². The molecule has 0 heterocycles. The molecule has 0 unspecified atom stereocenters. The summed E-state index contributed by atoms with van der Waals surface area (Å²) in [6, 6.07) is 4.72. The minimum Gasteiger partial charge on any atom is -0.398 e. The van der Waals surface area contributed by atoms with Crippen molar-refractivity contribution in [1.29, 1.82) is 0 Å². The summed E-state index contributed by atoms with van der Waals surface area (Å²) >= 11 is 3.08. The van der Waals surface area contributed by atoms with Gasteiger partial charge in [-0.3, -0.25) is 4.72 Å². The normalized spacial score (nSPS) is 11.4. The maximum Gasteiger partial charge on any atom is 0.264 e. The third-order valence-corrected chi connectivity index (χ3v) is 4.43. The molecule has 0 radical (unpaired) electrons. The fourth-order valence-corrected chi connectivity index (χ4v) is 3.27. The molecule has 0 spiro atoms. The van der Waals surface area contributed by atoms with Crippen LogP contribution in [0.2, 0.25) is 0 Å². The van der Waals surface area contributed by atoms with Crippen molar-refractivity contribution >= 4 is 37.3 Å². The highest BCUT2D eigenvalue weighted by Gasteiger charge is 2.21. The lowest BCUT2D eigenvalue weighted by molar-refractivity contribution is 0.496. The van der Waals surface area contributed by atoms with Crippen molar-refractivity contribution in [2.45, 2.75) is 4.90 Å². The van der Waals surface area contributed by atoms with Crippen molar-refractivity contribution in [3.8, 4) is 0 Å². The fraction of sp³-hybridized carbons (Fsp3) is 0. The largest absolute Gasteiger partial charge is 0.398 e. The van der Waals surface area contributed by atoms with E-state index in [0.717, 1.165) is 0 Å². The molecule has 0 saturated heterocycles. The van der Waals surface area contributed by atoms with Crippen LogP contribution in [-0.4, -0.2) is 8.42 Å². The van der Waals surface area contributed by atoms with E-state index in [2.05, 4.69) is 15.9 Å². The Labute approximate surface area is 127 Å². The second-order valence-electron chi connectivity index (χ2n) is 4.03. The van der Waals surface area contributed by atoms with E-state index in [-0.39, 0.29) is 16.6 Å². The minimum absolute atomic E-state index is 0.0753. The third-order valence-electron chi connectivity index (χ3n) is 2.52. The van der Waals surface area contributed by atoms with E-state index in [0.29, 0.717) is 10.5 Å². The lowest BCUT2D eigenvalue weighted by Gasteiger charge is -2.11. The summed E-state index contributed by atoms with van der Waals surface area (Å²) in [7, 11) is -4.25. The van der Waals surface area contributed by atoms with Gasteiger partial charge in [0.05, 0.1) is 11.4 Å². The second-order valence-corrected chi connectivity index (χ2v) is 6.60. The molecule has 21 heavy (non-hydrogen) atoms. The van der Waals surface area contributed by atoms with Gasteiger partial charge in [0.1, 0.15) is 10.7 Å². The van der Waals surface area contributed by atoms with Gasteiger partial charge in [0.25, 0.3) is 10.0 Å². The maximum absolute atomic E-state index is 13.5. The minimum atomic E-state index is -4.25. The summed E-state index contributed by atoms with van der Waals surface area (Å²) in [6.07, 6.45) is 0. The summed E-state index contributed by atoms with van der Waals surface area (Å²) in [5.41, 5.74) is 4.76. The van der Waals surface area contributed by atoms with Crippen LogP contribution in [0.1, 0.15) is 0 Å². The molecule has 0 aromatic heterocycles. The van der Waals surface area contributed by atoms with Gasteiger partial charge in [0.2, 0.25) is 0 Å². The molecular formula is C12H8BrF3N2O2S. The molecule has 0 bridgehead atoms. The molecule has 0 aliphatic heterocycles. The smallest absolute Gasteiger partial charge is 0.264 e. The molecule has 2 aromatic carbocycles. The van der Waals surface area contributed by atoms with E-state index < -0.39 is 33.2 Å². The average Bonchev–Trinajstić information content (AvgIpc) is 2.38. The first-order valence-electron chi connectivity index (χ1n) is 5.43. The molecule has 0 amide bonds. The van der Waals surface area contributed by atoms with Crippen molar-refractivity contribution in [3.05, 3.63) is 52.3 Å². The number of anilines is 2. The van der Waals surface area contributed by atoms with Crippen LogP contribution in [0, 0.1) is 17.5 Å². The van der Waals surface area contributed by atoms with Gasteiger partial charge in [-0.2, -0.15) is 0 Å². The van der Waals surface area contributed by atoms with Crippen LogP contribution >= 0.6 is 15.9 Å². The molecule has 2 aromatic rings. The van der Waals surface area contributed by atoms with Gasteiger partial charge >= 0.3 is 0 Å². The molecule has 0 fully saturated rings. The average molecular weight is 381 g/mol. The number of sulfonamides is 1. The number of nitrogens with two attached hydrogens (primary N) is 1. The lowest BCUT2D eigenvalue weighted by atomic mass is 10.3. The van der Waals surface area contributed by atoms with Gasteiger partial charge < -0.3 is 5.73 Å². The van der Waals surface area contributed by atoms with Gasteiger partial charge in [0.15, 0.2) is 11.6 Å². The second kappa shape index (κ2) is 5.57. The van der Waals surface area contributed by atoms with Crippen molar-refractivity contribution in [2.75, 3.05) is 10.5 Å². The van der Waals surface area contributed by atoms with Gasteiger partial charge in [0, 0.05) is 16.6 Å². The molecule has 9 heteroatoms. The Kier molecular flexibility index (Phi) is 4.15. The number of benzene rings is 2. The first kappa shape index (κ1) is 15.6. The molecule has 0 aliphatic rings. The van der Waals surface area contributed by atoms with E-state index >= 15 is 0 Å². The molecule has 4 nitrogen and oxygen atoms in total. The number of rotatable bonds is 3. The van der Waals surface area contributed by atoms with E-state index in [1.807, 2.05) is 4.72 Å². The van der Waals surface area contributed by atoms with Crippen LogP contribution in [0.5, 0.6) is 0 Å². The van der Waals surface area contributed by atoms with Crippen LogP contribution in [0.15, 0.2) is 39.7 Å². The first-order chi connectivity index (χ1) is 9.70. The number of halogens is 4. The summed E-state index contributed by atoms with van der Waals surface area (Å²) in [6.45, 7) is 0. The van der Waals surface area contributed by atoms with Crippen LogP contribution in [0.4, 0.5) is 24.5 Å². The van der Waals surface area contributed by atoms with E-state index in [4.69, 9.17) is 5.73 Å². The van der Waals surface area contributed by atoms with Crippen LogP contribution in [0.25, 0.3) is 0 Å². The summed E-state index contributed by atoms with van der Waals surface area (Å²) in [5.74, 6) is -4.04. The fourth-order valence-electron chi connectivity index (χ4n) is 1.54. The zero-order chi connectivity index (χ0) is 15.8. The molecule has 2 rings (SSSR count). The first-order valence-corrected chi connectivity index (χ1v) is 7.71. The van der Waals surface area contributed by atoms with Crippen LogP contribution in [0.3, 0.4) is 0 Å². The highest BCUT2D eigenvalue weighted by Crippen LogP contribution is 2.27. The van der Waals surface area contributed by atoms with Gasteiger partial charge in [-0.25, -0.2) is 21.6 Å². The van der Waals surface area contributed by atoms with Gasteiger partial charge in [-0.05, 0) is 18.2 Å². The zero-order valence-electron chi connectivity index (χ0n) is 10.2. The molecule has 3 N–H and O–H groups in total. The maximum atomic E-state index is 13.5. The third kappa shape index (κ3) is 3.30. The molecule has 0 atom stereocenters. The predicted molar refractivity (Wildman–Crippen MR) is 75.7 cm³/mol. The summed E-state index contributed by atoms with van der Waals surface area (Å²) in [5, 5.41) is 0. The number of nitrogen functional groups attached to an aromatic ring is 1. The van der Waals surface area contributed by atoms with Crippen molar-refractivity contribution in [1.82, 2.24) is 0 Å². The lowest BCUT2D eigenvalue weighted by Crippen LogP contribution is -2.16. The van der Waals surface area contributed by atoms with Crippen LogP contribution in [-0.2, 0) is 10.0 Å². The zero-order valence-corrected chi connectivity index (χ0v) is 12.6. The Morgan fingerprint density at radius 2 is 1.62 bits per heavy atom. The quantitative estimate of drug-likeness (QED) is 0.634. The molecular weight excluding hydrogens is 373 g/mol. The monoisotopic (exact) mass is 380 g/mol. The highest BCUT2D eigenvalue weighted by molar-refractivity contribution is 9.10. The molecule has 0 aliphatic carbocycles. The Hall–Kier alpha value is -1.74. The van der Waals surface area contributed by atoms with Gasteiger partial charge in [-0.1, -0.05) is 15.9 Å². The van der Waals surface area contributed by atoms with E-state index in [9.17, 15) is 21.6 Å². The van der Waals surface area contributed by atoms with E-state index in [1.165, 1.54) is 18.2 Å². The Morgan fingerprint density at radius 1 is 1.00 bits per heavy atom. The van der Waals surface area contributed by atoms with Crippen LogP contribution < -0.4 is 10.5 Å². The Bertz CT molecular complexity index is 812. The van der Waals surface area contributed by atoms with Crippen molar-refractivity contribution < 1.29 is 21.6 Å². The SMILES string of the molecule is Nc1ccc(Br)cc1S(=O)(=O)Nc1cc(F)c(F)cc1F. The Balaban J connectivity index is 2.47. The van der Waals surface area contributed by atoms with E-state index in [1.54, 1.807) is 0 Å². The summed E-state index contributed by atoms with van der Waals surface area (Å²) < 4.78 is 65.9. The number of hydrogen-bond donors (Lipinski definition) is 2. The summed E-state index contributed by atoms with van der Waals surface area (Å²) in [4.78, 5) is -0.319. The number of nitrogens with one attached hydrogen (secondary N) is 1. The molecule has 0 saturated carbocycles. The highest BCUT2D eigenvalue weighted by atomic mass is 79.9.